The van der Waals surface area contributed by atoms with Crippen molar-refractivity contribution in [3.8, 4) is 5.69 Å². The number of amidine groups is 1. The summed E-state index contributed by atoms with van der Waals surface area (Å²) in [6.07, 6.45) is 3.95. The molecule has 0 bridgehead atoms. The summed E-state index contributed by atoms with van der Waals surface area (Å²) >= 11 is 0. The highest BCUT2D eigenvalue weighted by Gasteiger charge is 2.16. The minimum Gasteiger partial charge on any atom is -0.384 e. The fourth-order valence-electron chi connectivity index (χ4n) is 3.80. The third-order valence-electron chi connectivity index (χ3n) is 5.20. The highest BCUT2D eigenvalue weighted by molar-refractivity contribution is 5.97. The number of hydrogen-bond acceptors (Lipinski definition) is 4. The third-order valence-corrected chi connectivity index (χ3v) is 5.20. The zero-order valence-corrected chi connectivity index (χ0v) is 17.1. The van der Waals surface area contributed by atoms with Gasteiger partial charge in [-0.05, 0) is 24.3 Å². The Bertz CT molecular complexity index is 1440. The number of nitrogens with zero attached hydrogens (tertiary/aromatic N) is 4. The highest BCUT2D eigenvalue weighted by Crippen LogP contribution is 2.26. The topological polar surface area (TPSA) is 125 Å². The van der Waals surface area contributed by atoms with Crippen LogP contribution in [0.3, 0.4) is 0 Å². The zero-order valence-electron chi connectivity index (χ0n) is 17.1. The second kappa shape index (κ2) is 7.05. The molecule has 0 unspecified atom stereocenters. The summed E-state index contributed by atoms with van der Waals surface area (Å²) in [5, 5.41) is 7.58. The van der Waals surface area contributed by atoms with Crippen molar-refractivity contribution < 1.29 is 4.39 Å². The molecule has 0 aliphatic heterocycles. The van der Waals surface area contributed by atoms with Crippen molar-refractivity contribution in [3.05, 3.63) is 71.6 Å². The fraction of sp³-hybridized carbons (Fsp3) is 0.182. The molecule has 0 aliphatic rings. The van der Waals surface area contributed by atoms with E-state index in [1.165, 1.54) is 12.1 Å². The Kier molecular flexibility index (Phi) is 4.32. The second-order valence-corrected chi connectivity index (χ2v) is 7.82. The van der Waals surface area contributed by atoms with E-state index in [0.717, 1.165) is 16.9 Å². The average Bonchev–Trinajstić information content (AvgIpc) is 3.43. The molecule has 3 heterocycles. The van der Waals surface area contributed by atoms with E-state index in [1.807, 2.05) is 30.7 Å². The summed E-state index contributed by atoms with van der Waals surface area (Å²) in [6.45, 7) is 4.09. The number of imidazole rings is 3. The molecule has 31 heavy (non-hydrogen) atoms. The summed E-state index contributed by atoms with van der Waals surface area (Å²) in [4.78, 5) is 20.2. The first kappa shape index (κ1) is 19.0. The number of halogens is 1. The summed E-state index contributed by atoms with van der Waals surface area (Å²) < 4.78 is 16.3. The highest BCUT2D eigenvalue weighted by atomic mass is 19.1. The van der Waals surface area contributed by atoms with Gasteiger partial charge in [0, 0.05) is 29.9 Å². The summed E-state index contributed by atoms with van der Waals surface area (Å²) in [5.41, 5.74) is 9.70. The van der Waals surface area contributed by atoms with Gasteiger partial charge in [0.05, 0.1) is 28.7 Å². The Labute approximate surface area is 176 Å². The smallest absolute Gasteiger partial charge is 0.127 e. The molecule has 8 nitrogen and oxygen atoms in total. The zero-order chi connectivity index (χ0) is 21.7. The first-order chi connectivity index (χ1) is 14.9. The molecule has 5 N–H and O–H groups in total. The lowest BCUT2D eigenvalue weighted by atomic mass is 10.2. The molecule has 9 heteroatoms. The predicted octanol–water partition coefficient (Wildman–Crippen LogP) is 3.76. The molecular weight excluding hydrogens is 395 g/mol. The van der Waals surface area contributed by atoms with Crippen LogP contribution in [0.15, 0.2) is 42.7 Å². The molecule has 0 amide bonds. The number of aromatic amines is 2. The third kappa shape index (κ3) is 3.33. The van der Waals surface area contributed by atoms with E-state index in [-0.39, 0.29) is 17.6 Å². The fourth-order valence-corrected chi connectivity index (χ4v) is 3.80. The lowest BCUT2D eigenvalue weighted by Crippen LogP contribution is -2.10. The summed E-state index contributed by atoms with van der Waals surface area (Å²) in [7, 11) is 0. The minimum absolute atomic E-state index is 0.00133. The molecule has 0 fully saturated rings. The van der Waals surface area contributed by atoms with Crippen LogP contribution in [0.4, 0.5) is 4.39 Å². The molecule has 0 spiro atoms. The number of hydrogen-bond donors (Lipinski definition) is 4. The summed E-state index contributed by atoms with van der Waals surface area (Å²) in [6, 6.07) is 8.32. The molecule has 5 aromatic rings. The Morgan fingerprint density at radius 1 is 1.13 bits per heavy atom. The number of aromatic nitrogens is 6. The van der Waals surface area contributed by atoms with E-state index in [2.05, 4.69) is 19.9 Å². The monoisotopic (exact) mass is 416 g/mol. The number of rotatable bonds is 5. The molecular formula is C22H21FN8. The van der Waals surface area contributed by atoms with Crippen LogP contribution in [0.5, 0.6) is 0 Å². The molecule has 0 atom stereocenters. The van der Waals surface area contributed by atoms with E-state index in [9.17, 15) is 4.39 Å². The largest absolute Gasteiger partial charge is 0.384 e. The number of nitrogens with one attached hydrogen (secondary N) is 3. The number of nitrogens with two attached hydrogens (primary N) is 1. The first-order valence-corrected chi connectivity index (χ1v) is 9.94. The van der Waals surface area contributed by atoms with Crippen molar-refractivity contribution in [2.75, 3.05) is 0 Å². The normalized spacial score (nSPS) is 11.7. The molecule has 3 aromatic heterocycles. The average molecular weight is 416 g/mol. The molecule has 0 saturated heterocycles. The molecule has 0 saturated carbocycles. The molecule has 0 aliphatic carbocycles. The van der Waals surface area contributed by atoms with Gasteiger partial charge in [-0.3, -0.25) is 5.41 Å². The lowest BCUT2D eigenvalue weighted by molar-refractivity contribution is 0.627. The second-order valence-electron chi connectivity index (χ2n) is 7.82. The van der Waals surface area contributed by atoms with Crippen LogP contribution >= 0.6 is 0 Å². The van der Waals surface area contributed by atoms with Gasteiger partial charge >= 0.3 is 0 Å². The van der Waals surface area contributed by atoms with Gasteiger partial charge in [-0.2, -0.15) is 0 Å². The van der Waals surface area contributed by atoms with Crippen molar-refractivity contribution in [2.45, 2.75) is 26.2 Å². The number of fused-ring (bicyclic) bond motifs is 2. The predicted molar refractivity (Wildman–Crippen MR) is 117 cm³/mol. The Balaban J connectivity index is 1.55. The molecule has 0 radical (unpaired) electrons. The standard InChI is InChI=1S/C22H21FN8/c1-11(2)22-26-5-6-31(22)17-9-13(23)8-16-20(17)30-19(29-16)10-18-27-14-4-3-12(21(24)25)7-15(14)28-18/h3-9,11H,10H2,1-2H3,(H3,24,25)(H,27,28)(H,29,30). The van der Waals surface area contributed by atoms with Gasteiger partial charge in [0.15, 0.2) is 0 Å². The van der Waals surface area contributed by atoms with Crippen LogP contribution in [-0.4, -0.2) is 35.3 Å². The van der Waals surface area contributed by atoms with E-state index < -0.39 is 0 Å². The molecule has 5 rings (SSSR count). The number of benzene rings is 2. The van der Waals surface area contributed by atoms with Crippen molar-refractivity contribution in [2.24, 2.45) is 5.73 Å². The number of nitrogen functional groups attached to an aromatic ring is 1. The van der Waals surface area contributed by atoms with Gasteiger partial charge in [-0.15, -0.1) is 0 Å². The Morgan fingerprint density at radius 3 is 2.68 bits per heavy atom. The van der Waals surface area contributed by atoms with Gasteiger partial charge in [-0.25, -0.2) is 19.3 Å². The molecule has 2 aromatic carbocycles. The Hall–Kier alpha value is -4.01. The van der Waals surface area contributed by atoms with Gasteiger partial charge in [0.1, 0.15) is 34.6 Å². The Morgan fingerprint density at radius 2 is 1.90 bits per heavy atom. The SMILES string of the molecule is CC(C)c1nccn1-c1cc(F)cc2[nH]c(Cc3nc4cc(C(=N)N)ccc4[nH]3)nc12. The minimum atomic E-state index is -0.346. The van der Waals surface area contributed by atoms with Crippen LogP contribution < -0.4 is 5.73 Å². The summed E-state index contributed by atoms with van der Waals surface area (Å²) in [5.74, 6) is 2.05. The van der Waals surface area contributed by atoms with Gasteiger partial charge in [0.25, 0.3) is 0 Å². The van der Waals surface area contributed by atoms with Gasteiger partial charge in [-0.1, -0.05) is 13.8 Å². The van der Waals surface area contributed by atoms with Crippen LogP contribution in [-0.2, 0) is 6.42 Å². The van der Waals surface area contributed by atoms with Crippen molar-refractivity contribution in [1.82, 2.24) is 29.5 Å². The maximum atomic E-state index is 14.4. The van der Waals surface area contributed by atoms with Crippen molar-refractivity contribution >= 4 is 27.9 Å². The van der Waals surface area contributed by atoms with E-state index in [0.29, 0.717) is 40.4 Å². The van der Waals surface area contributed by atoms with Gasteiger partial charge < -0.3 is 20.3 Å². The van der Waals surface area contributed by atoms with Crippen LogP contribution in [0.25, 0.3) is 27.8 Å². The van der Waals surface area contributed by atoms with Crippen molar-refractivity contribution in [1.29, 1.82) is 5.41 Å². The van der Waals surface area contributed by atoms with Gasteiger partial charge in [0.2, 0.25) is 0 Å². The van der Waals surface area contributed by atoms with E-state index in [4.69, 9.17) is 16.1 Å². The van der Waals surface area contributed by atoms with Crippen LogP contribution in [0.2, 0.25) is 0 Å². The number of H-pyrrole nitrogens is 2. The van der Waals surface area contributed by atoms with Crippen molar-refractivity contribution in [3.63, 3.8) is 0 Å². The van der Waals surface area contributed by atoms with E-state index in [1.54, 1.807) is 18.3 Å². The quantitative estimate of drug-likeness (QED) is 0.257. The first-order valence-electron chi connectivity index (χ1n) is 9.94. The molecule has 156 valence electrons. The van der Waals surface area contributed by atoms with Crippen LogP contribution in [0, 0.1) is 11.2 Å². The van der Waals surface area contributed by atoms with Crippen LogP contribution in [0.1, 0.15) is 42.8 Å². The maximum absolute atomic E-state index is 14.4. The van der Waals surface area contributed by atoms with E-state index >= 15 is 0 Å². The lowest BCUT2D eigenvalue weighted by Gasteiger charge is -2.11. The maximum Gasteiger partial charge on any atom is 0.127 e.